The quantitative estimate of drug-likeness (QED) is 0.177. The zero-order valence-electron chi connectivity index (χ0n) is 19.6. The number of hydrogen-bond acceptors (Lipinski definition) is 2. The molecular formula is C27H36FN2O2+. The monoisotopic (exact) mass is 439 g/mol. The maximum absolute atomic E-state index is 13.2. The molecule has 172 valence electrons. The zero-order valence-corrected chi connectivity index (χ0v) is 19.6. The van der Waals surface area contributed by atoms with Crippen LogP contribution in [0.25, 0.3) is 6.08 Å². The number of likely N-dealkylation sites (N-methyl/N-ethyl adjacent to an activating group) is 1. The van der Waals surface area contributed by atoms with Crippen LogP contribution in [0.4, 0.5) is 10.1 Å². The lowest BCUT2D eigenvalue weighted by Crippen LogP contribution is -2.46. The van der Waals surface area contributed by atoms with Crippen LogP contribution < -0.4 is 5.32 Å². The highest BCUT2D eigenvalue weighted by molar-refractivity contribution is 6.07. The number of unbranched alkanes of at least 4 members (excludes halogenated alkanes) is 5. The third kappa shape index (κ3) is 9.56. The van der Waals surface area contributed by atoms with Crippen LogP contribution >= 0.6 is 0 Å². The second-order valence-corrected chi connectivity index (χ2v) is 8.96. The smallest absolute Gasteiger partial charge is 0.279 e. The number of quaternary nitrogens is 1. The predicted molar refractivity (Wildman–Crippen MR) is 130 cm³/mol. The van der Waals surface area contributed by atoms with E-state index in [1.807, 2.05) is 0 Å². The van der Waals surface area contributed by atoms with Crippen molar-refractivity contribution in [3.05, 3.63) is 71.6 Å². The molecule has 0 bridgehead atoms. The summed E-state index contributed by atoms with van der Waals surface area (Å²) in [6, 6.07) is 12.9. The number of halogens is 1. The molecule has 0 heterocycles. The maximum atomic E-state index is 13.2. The van der Waals surface area contributed by atoms with Crippen molar-refractivity contribution >= 4 is 23.5 Å². The van der Waals surface area contributed by atoms with Crippen LogP contribution in [0.3, 0.4) is 0 Å². The Morgan fingerprint density at radius 2 is 1.66 bits per heavy atom. The van der Waals surface area contributed by atoms with Crippen LogP contribution in [0.1, 0.15) is 61.4 Å². The minimum absolute atomic E-state index is 0.0361. The summed E-state index contributed by atoms with van der Waals surface area (Å²) in [6.07, 6.45) is 10.5. The fourth-order valence-corrected chi connectivity index (χ4v) is 3.58. The Kier molecular flexibility index (Phi) is 10.3. The number of ketones is 1. The van der Waals surface area contributed by atoms with Crippen LogP contribution in [0.2, 0.25) is 0 Å². The number of carbonyl (C=O) groups is 2. The van der Waals surface area contributed by atoms with Gasteiger partial charge in [-0.15, -0.1) is 0 Å². The van der Waals surface area contributed by atoms with Crippen LogP contribution in [0.5, 0.6) is 0 Å². The second kappa shape index (κ2) is 12.9. The molecule has 2 aromatic carbocycles. The summed E-state index contributed by atoms with van der Waals surface area (Å²) >= 11 is 0. The number of hydrogen-bond donors (Lipinski definition) is 1. The number of benzene rings is 2. The molecule has 0 aliphatic rings. The molecule has 0 radical (unpaired) electrons. The summed E-state index contributed by atoms with van der Waals surface area (Å²) in [6.45, 7) is 3.60. The highest BCUT2D eigenvalue weighted by atomic mass is 19.1. The molecule has 0 saturated carbocycles. The molecule has 0 aliphatic heterocycles. The van der Waals surface area contributed by atoms with Crippen LogP contribution in [-0.2, 0) is 4.79 Å². The van der Waals surface area contributed by atoms with Gasteiger partial charge in [-0.3, -0.25) is 9.59 Å². The van der Waals surface area contributed by atoms with Crippen molar-refractivity contribution in [3.63, 3.8) is 0 Å². The van der Waals surface area contributed by atoms with Gasteiger partial charge < -0.3 is 9.80 Å². The van der Waals surface area contributed by atoms with E-state index in [1.54, 1.807) is 42.5 Å². The number of rotatable bonds is 13. The summed E-state index contributed by atoms with van der Waals surface area (Å²) in [5.74, 6) is -0.552. The number of amides is 1. The molecule has 0 aliphatic carbocycles. The van der Waals surface area contributed by atoms with E-state index in [0.29, 0.717) is 27.8 Å². The first-order chi connectivity index (χ1) is 15.3. The van der Waals surface area contributed by atoms with E-state index in [0.717, 1.165) is 13.0 Å². The minimum atomic E-state index is -0.339. The van der Waals surface area contributed by atoms with E-state index in [2.05, 4.69) is 26.3 Å². The lowest BCUT2D eigenvalue weighted by atomic mass is 10.1. The van der Waals surface area contributed by atoms with Gasteiger partial charge in [0.2, 0.25) is 0 Å². The standard InChI is InChI=1S/C27H35FN2O2/c1-4-5-6-7-8-9-19-30(2,3)21-27(32)29-25-16-14-23(15-17-25)26(31)18-13-22-11-10-12-24(28)20-22/h10-18,20H,4-9,19,21H2,1-3H3/p+1/b18-13+. The van der Waals surface area contributed by atoms with Crippen LogP contribution in [-0.4, -0.2) is 43.4 Å². The number of nitrogens with zero attached hydrogens (tertiary/aromatic N) is 1. The van der Waals surface area contributed by atoms with Gasteiger partial charge in [0.05, 0.1) is 20.6 Å². The van der Waals surface area contributed by atoms with Gasteiger partial charge in [-0.25, -0.2) is 4.39 Å². The number of allylic oxidation sites excluding steroid dienone is 1. The highest BCUT2D eigenvalue weighted by Gasteiger charge is 2.19. The molecule has 32 heavy (non-hydrogen) atoms. The number of anilines is 1. The van der Waals surface area contributed by atoms with Crippen LogP contribution in [0.15, 0.2) is 54.6 Å². The molecular weight excluding hydrogens is 403 g/mol. The van der Waals surface area contributed by atoms with E-state index in [9.17, 15) is 14.0 Å². The molecule has 4 nitrogen and oxygen atoms in total. The predicted octanol–water partition coefficient (Wildman–Crippen LogP) is 6.10. The zero-order chi connectivity index (χ0) is 23.4. The fraction of sp³-hybridized carbons (Fsp3) is 0.407. The van der Waals surface area contributed by atoms with E-state index < -0.39 is 0 Å². The third-order valence-electron chi connectivity index (χ3n) is 5.42. The minimum Gasteiger partial charge on any atom is -0.321 e. The normalized spacial score (nSPS) is 11.6. The Balaban J connectivity index is 1.80. The molecule has 2 aromatic rings. The molecule has 0 aromatic heterocycles. The first-order valence-electron chi connectivity index (χ1n) is 11.5. The topological polar surface area (TPSA) is 46.2 Å². The molecule has 0 spiro atoms. The van der Waals surface area contributed by atoms with Crippen molar-refractivity contribution in [2.45, 2.75) is 45.4 Å². The summed E-state index contributed by atoms with van der Waals surface area (Å²) in [5.41, 5.74) is 1.80. The summed E-state index contributed by atoms with van der Waals surface area (Å²) in [4.78, 5) is 24.8. The Morgan fingerprint density at radius 3 is 2.34 bits per heavy atom. The average molecular weight is 440 g/mol. The summed E-state index contributed by atoms with van der Waals surface area (Å²) < 4.78 is 13.9. The Morgan fingerprint density at radius 1 is 0.969 bits per heavy atom. The van der Waals surface area contributed by atoms with Gasteiger partial charge in [-0.05, 0) is 60.9 Å². The van der Waals surface area contributed by atoms with Crippen molar-refractivity contribution in [1.29, 1.82) is 0 Å². The first-order valence-corrected chi connectivity index (χ1v) is 11.5. The molecule has 2 rings (SSSR count). The van der Waals surface area contributed by atoms with Gasteiger partial charge in [0.25, 0.3) is 5.91 Å². The van der Waals surface area contributed by atoms with Crippen LogP contribution in [0, 0.1) is 5.82 Å². The highest BCUT2D eigenvalue weighted by Crippen LogP contribution is 2.13. The first kappa shape index (κ1) is 25.5. The van der Waals surface area contributed by atoms with Crippen molar-refractivity contribution in [2.75, 3.05) is 32.5 Å². The van der Waals surface area contributed by atoms with Gasteiger partial charge in [0, 0.05) is 11.3 Å². The van der Waals surface area contributed by atoms with Gasteiger partial charge in [-0.1, -0.05) is 50.8 Å². The van der Waals surface area contributed by atoms with E-state index in [4.69, 9.17) is 0 Å². The molecule has 0 atom stereocenters. The van der Waals surface area contributed by atoms with Crippen molar-refractivity contribution in [1.82, 2.24) is 0 Å². The van der Waals surface area contributed by atoms with E-state index in [-0.39, 0.29) is 17.5 Å². The molecule has 1 N–H and O–H groups in total. The van der Waals surface area contributed by atoms with Crippen molar-refractivity contribution < 1.29 is 18.5 Å². The van der Waals surface area contributed by atoms with Crippen molar-refractivity contribution in [3.8, 4) is 0 Å². The molecule has 1 amide bonds. The second-order valence-electron chi connectivity index (χ2n) is 8.96. The van der Waals surface area contributed by atoms with E-state index in [1.165, 1.54) is 50.3 Å². The van der Waals surface area contributed by atoms with Gasteiger partial charge in [0.1, 0.15) is 5.82 Å². The fourth-order valence-electron chi connectivity index (χ4n) is 3.58. The van der Waals surface area contributed by atoms with Gasteiger partial charge in [-0.2, -0.15) is 0 Å². The van der Waals surface area contributed by atoms with Gasteiger partial charge >= 0.3 is 0 Å². The third-order valence-corrected chi connectivity index (χ3v) is 5.42. The van der Waals surface area contributed by atoms with E-state index >= 15 is 0 Å². The lowest BCUT2D eigenvalue weighted by molar-refractivity contribution is -0.882. The lowest BCUT2D eigenvalue weighted by Gasteiger charge is -2.29. The Hall–Kier alpha value is -2.79. The van der Waals surface area contributed by atoms with Crippen molar-refractivity contribution in [2.24, 2.45) is 0 Å². The maximum Gasteiger partial charge on any atom is 0.279 e. The Labute approximate surface area is 191 Å². The molecule has 0 saturated heterocycles. The SMILES string of the molecule is CCCCCCCC[N+](C)(C)CC(=O)Nc1ccc(C(=O)/C=C/c2cccc(F)c2)cc1. The number of carbonyl (C=O) groups excluding carboxylic acids is 2. The number of nitrogens with one attached hydrogen (secondary N) is 1. The molecule has 5 heteroatoms. The largest absolute Gasteiger partial charge is 0.321 e. The molecule has 0 fully saturated rings. The average Bonchev–Trinajstić information content (AvgIpc) is 2.74. The summed E-state index contributed by atoms with van der Waals surface area (Å²) in [5, 5.41) is 2.92. The summed E-state index contributed by atoms with van der Waals surface area (Å²) in [7, 11) is 4.16. The Bertz CT molecular complexity index is 904. The van der Waals surface area contributed by atoms with Gasteiger partial charge in [0.15, 0.2) is 12.3 Å². The molecule has 0 unspecified atom stereocenters.